The van der Waals surface area contributed by atoms with Crippen molar-refractivity contribution in [3.05, 3.63) is 58.3 Å². The van der Waals surface area contributed by atoms with Crippen LogP contribution in [0.2, 0.25) is 0 Å². The number of halogens is 1. The van der Waals surface area contributed by atoms with Crippen LogP contribution in [0.1, 0.15) is 54.1 Å². The molecule has 29 heavy (non-hydrogen) atoms. The van der Waals surface area contributed by atoms with Crippen molar-refractivity contribution in [3.63, 3.8) is 0 Å². The van der Waals surface area contributed by atoms with Crippen molar-refractivity contribution in [2.24, 2.45) is 13.0 Å². The van der Waals surface area contributed by atoms with Crippen molar-refractivity contribution < 1.29 is 14.3 Å². The maximum atomic E-state index is 12.9. The number of likely N-dealkylation sites (tertiary alicyclic amines) is 1. The van der Waals surface area contributed by atoms with Gasteiger partial charge in [-0.1, -0.05) is 28.1 Å². The highest BCUT2D eigenvalue weighted by Gasteiger charge is 2.45. The van der Waals surface area contributed by atoms with Crippen LogP contribution in [-0.4, -0.2) is 40.5 Å². The highest BCUT2D eigenvalue weighted by molar-refractivity contribution is 9.10. The third kappa shape index (κ3) is 4.58. The van der Waals surface area contributed by atoms with Crippen molar-refractivity contribution >= 4 is 27.8 Å². The van der Waals surface area contributed by atoms with E-state index in [-0.39, 0.29) is 29.8 Å². The van der Waals surface area contributed by atoms with Gasteiger partial charge in [-0.15, -0.1) is 0 Å². The average molecular weight is 459 g/mol. The fraction of sp³-hybridized carbons (Fsp3) is 0.478. The number of nitrogens with zero attached hydrogens (tertiary/aromatic N) is 2. The first-order valence-electron chi connectivity index (χ1n) is 10.4. The largest absolute Gasteiger partial charge is 0.465 e. The van der Waals surface area contributed by atoms with E-state index in [2.05, 4.69) is 28.1 Å². The Kier molecular flexibility index (Phi) is 6.09. The van der Waals surface area contributed by atoms with Crippen molar-refractivity contribution in [2.75, 3.05) is 13.2 Å². The summed E-state index contributed by atoms with van der Waals surface area (Å²) in [6.45, 7) is 1.15. The molecular formula is C23H27BrN2O3. The van der Waals surface area contributed by atoms with E-state index < -0.39 is 0 Å². The molecule has 6 heteroatoms. The fourth-order valence-corrected chi connectivity index (χ4v) is 4.78. The number of aryl methyl sites for hydroxylation is 1. The van der Waals surface area contributed by atoms with Gasteiger partial charge in [0.1, 0.15) is 5.69 Å². The number of ether oxygens (including phenoxy) is 1. The smallest absolute Gasteiger partial charge is 0.309 e. The van der Waals surface area contributed by atoms with E-state index in [9.17, 15) is 9.59 Å². The maximum Gasteiger partial charge on any atom is 0.309 e. The van der Waals surface area contributed by atoms with Crippen LogP contribution in [0.5, 0.6) is 0 Å². The van der Waals surface area contributed by atoms with Crippen LogP contribution in [0.25, 0.3) is 0 Å². The molecule has 0 radical (unpaired) electrons. The quantitative estimate of drug-likeness (QED) is 0.597. The predicted octanol–water partition coefficient (Wildman–Crippen LogP) is 4.52. The van der Waals surface area contributed by atoms with Gasteiger partial charge in [-0.2, -0.15) is 0 Å². The zero-order valence-corrected chi connectivity index (χ0v) is 18.3. The highest BCUT2D eigenvalue weighted by atomic mass is 79.9. The summed E-state index contributed by atoms with van der Waals surface area (Å²) in [5, 5.41) is 0. The van der Waals surface area contributed by atoms with E-state index in [1.54, 1.807) is 0 Å². The zero-order valence-electron chi connectivity index (χ0n) is 16.7. The van der Waals surface area contributed by atoms with Crippen LogP contribution in [0, 0.1) is 5.92 Å². The molecule has 0 N–H and O–H groups in total. The minimum atomic E-state index is -0.105. The summed E-state index contributed by atoms with van der Waals surface area (Å²) < 4.78 is 8.50. The number of benzene rings is 1. The molecule has 2 aromatic rings. The number of esters is 1. The molecule has 1 aliphatic carbocycles. The third-order valence-electron chi connectivity index (χ3n) is 6.12. The minimum Gasteiger partial charge on any atom is -0.465 e. The van der Waals surface area contributed by atoms with Gasteiger partial charge in [0.2, 0.25) is 0 Å². The van der Waals surface area contributed by atoms with Crippen LogP contribution < -0.4 is 0 Å². The van der Waals surface area contributed by atoms with E-state index in [4.69, 9.17) is 4.74 Å². The Labute approximate surface area is 180 Å². The summed E-state index contributed by atoms with van der Waals surface area (Å²) in [5.41, 5.74) is 1.90. The molecule has 1 aliphatic heterocycles. The van der Waals surface area contributed by atoms with Gasteiger partial charge in [-0.25, -0.2) is 0 Å². The van der Waals surface area contributed by atoms with Crippen molar-refractivity contribution in [1.29, 1.82) is 0 Å². The van der Waals surface area contributed by atoms with Crippen molar-refractivity contribution in [2.45, 2.75) is 44.1 Å². The van der Waals surface area contributed by atoms with Gasteiger partial charge in [0.25, 0.3) is 5.91 Å². The van der Waals surface area contributed by atoms with E-state index in [0.717, 1.165) is 36.7 Å². The molecule has 4 rings (SSSR count). The van der Waals surface area contributed by atoms with E-state index >= 15 is 0 Å². The first-order chi connectivity index (χ1) is 14.0. The fourth-order valence-electron chi connectivity index (χ4n) is 4.36. The second-order valence-corrected chi connectivity index (χ2v) is 9.03. The SMILES string of the molecule is Cn1cccc1C(=O)N1CCCCC1CCOC(=O)C1CC1c1cccc(Br)c1. The van der Waals surface area contributed by atoms with E-state index in [1.807, 2.05) is 47.0 Å². The van der Waals surface area contributed by atoms with Gasteiger partial charge in [-0.05, 0) is 61.4 Å². The number of aromatic nitrogens is 1. The maximum absolute atomic E-state index is 12.9. The molecule has 3 unspecified atom stereocenters. The van der Waals surface area contributed by atoms with Gasteiger partial charge in [0.05, 0.1) is 12.5 Å². The first-order valence-corrected chi connectivity index (χ1v) is 11.2. The Hall–Kier alpha value is -2.08. The Morgan fingerprint density at radius 2 is 2.07 bits per heavy atom. The number of rotatable bonds is 6. The topological polar surface area (TPSA) is 51.5 Å². The lowest BCUT2D eigenvalue weighted by Gasteiger charge is -2.35. The predicted molar refractivity (Wildman–Crippen MR) is 115 cm³/mol. The number of piperidine rings is 1. The average Bonchev–Trinajstić information content (AvgIpc) is 3.42. The first kappa shape index (κ1) is 20.2. The normalized spacial score (nSPS) is 23.7. The molecule has 0 spiro atoms. The summed E-state index contributed by atoms with van der Waals surface area (Å²) in [6.07, 6.45) is 6.57. The molecule has 2 fully saturated rings. The number of carbonyl (C=O) groups is 2. The Bertz CT molecular complexity index is 894. The van der Waals surface area contributed by atoms with Gasteiger partial charge in [0, 0.05) is 36.7 Å². The Morgan fingerprint density at radius 3 is 2.83 bits per heavy atom. The Balaban J connectivity index is 1.28. The summed E-state index contributed by atoms with van der Waals surface area (Å²) >= 11 is 3.49. The summed E-state index contributed by atoms with van der Waals surface area (Å²) in [6, 6.07) is 12.0. The number of amides is 1. The lowest BCUT2D eigenvalue weighted by Crippen LogP contribution is -2.44. The lowest BCUT2D eigenvalue weighted by molar-refractivity contribution is -0.145. The molecule has 0 bridgehead atoms. The molecule has 1 saturated heterocycles. The Morgan fingerprint density at radius 1 is 1.21 bits per heavy atom. The lowest BCUT2D eigenvalue weighted by atomic mass is 9.99. The molecule has 1 saturated carbocycles. The van der Waals surface area contributed by atoms with Crippen LogP contribution in [-0.2, 0) is 16.6 Å². The number of carbonyl (C=O) groups excluding carboxylic acids is 2. The molecule has 2 heterocycles. The second kappa shape index (κ2) is 8.74. The van der Waals surface area contributed by atoms with Gasteiger partial charge in [-0.3, -0.25) is 9.59 Å². The van der Waals surface area contributed by atoms with Gasteiger partial charge in [0.15, 0.2) is 0 Å². The molecule has 3 atom stereocenters. The molecule has 1 aromatic heterocycles. The molecule has 154 valence electrons. The van der Waals surface area contributed by atoms with Crippen molar-refractivity contribution in [1.82, 2.24) is 9.47 Å². The van der Waals surface area contributed by atoms with E-state index in [1.165, 1.54) is 5.56 Å². The monoisotopic (exact) mass is 458 g/mol. The van der Waals surface area contributed by atoms with E-state index in [0.29, 0.717) is 18.7 Å². The van der Waals surface area contributed by atoms with Gasteiger partial charge < -0.3 is 14.2 Å². The van der Waals surface area contributed by atoms with Crippen LogP contribution >= 0.6 is 15.9 Å². The highest BCUT2D eigenvalue weighted by Crippen LogP contribution is 2.48. The summed E-state index contributed by atoms with van der Waals surface area (Å²) in [5.74, 6) is 0.207. The molecule has 1 amide bonds. The van der Waals surface area contributed by atoms with Crippen LogP contribution in [0.3, 0.4) is 0 Å². The van der Waals surface area contributed by atoms with Gasteiger partial charge >= 0.3 is 5.97 Å². The van der Waals surface area contributed by atoms with Crippen LogP contribution in [0.15, 0.2) is 47.1 Å². The summed E-state index contributed by atoms with van der Waals surface area (Å²) in [7, 11) is 1.89. The standard InChI is InChI=1S/C23H27BrN2O3/c1-25-11-5-9-21(25)22(27)26-12-3-2-8-18(26)10-13-29-23(28)20-15-19(20)16-6-4-7-17(24)14-16/h4-7,9,11,14,18-20H,2-3,8,10,12-13,15H2,1H3. The zero-order chi connectivity index (χ0) is 20.4. The molecule has 1 aromatic carbocycles. The van der Waals surface area contributed by atoms with Crippen LogP contribution in [0.4, 0.5) is 0 Å². The molecular weight excluding hydrogens is 432 g/mol. The third-order valence-corrected chi connectivity index (χ3v) is 6.61. The summed E-state index contributed by atoms with van der Waals surface area (Å²) in [4.78, 5) is 27.3. The minimum absolute atomic E-state index is 0.0308. The van der Waals surface area contributed by atoms with Crippen molar-refractivity contribution in [3.8, 4) is 0 Å². The second-order valence-electron chi connectivity index (χ2n) is 8.11. The number of hydrogen-bond acceptors (Lipinski definition) is 3. The molecule has 5 nitrogen and oxygen atoms in total. The molecule has 2 aliphatic rings. The number of hydrogen-bond donors (Lipinski definition) is 0.